The van der Waals surface area contributed by atoms with Gasteiger partial charge in [-0.3, -0.25) is 9.59 Å². The maximum atomic E-state index is 12.0. The first kappa shape index (κ1) is 17.7. The van der Waals surface area contributed by atoms with Crippen molar-refractivity contribution in [1.29, 1.82) is 0 Å². The Morgan fingerprint density at radius 2 is 1.64 bits per heavy atom. The lowest BCUT2D eigenvalue weighted by Gasteiger charge is -2.34. The Bertz CT molecular complexity index is 769. The van der Waals surface area contributed by atoms with Crippen LogP contribution in [0.15, 0.2) is 24.3 Å². The van der Waals surface area contributed by atoms with Crippen molar-refractivity contribution < 1.29 is 23.1 Å². The fraction of sp³-hybridized carbons (Fsp3) is 0.500. The number of aliphatic carboxylic acids is 1. The van der Waals surface area contributed by atoms with E-state index in [0.717, 1.165) is 5.69 Å². The molecule has 8 nitrogen and oxygen atoms in total. The summed E-state index contributed by atoms with van der Waals surface area (Å²) in [6, 6.07) is 7.38. The zero-order valence-corrected chi connectivity index (χ0v) is 14.8. The molecule has 3 rings (SSSR count). The average Bonchev–Trinajstić information content (AvgIpc) is 2.96. The van der Waals surface area contributed by atoms with Crippen molar-refractivity contribution >= 4 is 33.3 Å². The minimum Gasteiger partial charge on any atom is -0.481 e. The molecule has 0 aliphatic carbocycles. The molecule has 25 heavy (non-hydrogen) atoms. The maximum absolute atomic E-state index is 12.0. The smallest absolute Gasteiger partial charge is 0.308 e. The number of hydrogen-bond acceptors (Lipinski definition) is 5. The highest BCUT2D eigenvalue weighted by molar-refractivity contribution is 7.88. The van der Waals surface area contributed by atoms with Crippen molar-refractivity contribution in [3.63, 3.8) is 0 Å². The highest BCUT2D eigenvalue weighted by Crippen LogP contribution is 2.27. The molecule has 2 aliphatic heterocycles. The van der Waals surface area contributed by atoms with Gasteiger partial charge in [0.25, 0.3) is 0 Å². The topological polar surface area (TPSA) is 98.2 Å². The summed E-state index contributed by atoms with van der Waals surface area (Å²) in [7, 11) is -3.15. The number of carboxylic acid groups (broad SMARTS) is 1. The number of piperazine rings is 1. The summed E-state index contributed by atoms with van der Waals surface area (Å²) in [6.45, 7) is 2.31. The van der Waals surface area contributed by atoms with E-state index in [1.807, 2.05) is 12.1 Å². The molecule has 136 valence electrons. The van der Waals surface area contributed by atoms with E-state index < -0.39 is 21.9 Å². The van der Waals surface area contributed by atoms with Crippen LogP contribution in [-0.4, -0.2) is 68.7 Å². The van der Waals surface area contributed by atoms with E-state index in [1.54, 1.807) is 12.1 Å². The number of carbonyl (C=O) groups excluding carboxylic acids is 1. The van der Waals surface area contributed by atoms with E-state index in [1.165, 1.54) is 15.5 Å². The van der Waals surface area contributed by atoms with Crippen LogP contribution in [0.5, 0.6) is 0 Å². The number of carboxylic acids is 1. The van der Waals surface area contributed by atoms with Crippen LogP contribution in [0, 0.1) is 5.92 Å². The summed E-state index contributed by atoms with van der Waals surface area (Å²) >= 11 is 0. The number of rotatable bonds is 4. The third-order valence-corrected chi connectivity index (χ3v) is 6.01. The van der Waals surface area contributed by atoms with Gasteiger partial charge in [-0.25, -0.2) is 8.42 Å². The minimum absolute atomic E-state index is 0.0323. The van der Waals surface area contributed by atoms with Crippen LogP contribution in [0.2, 0.25) is 0 Å². The summed E-state index contributed by atoms with van der Waals surface area (Å²) in [5.41, 5.74) is 1.64. The van der Waals surface area contributed by atoms with Crippen LogP contribution in [0.3, 0.4) is 0 Å². The van der Waals surface area contributed by atoms with Crippen LogP contribution in [-0.2, 0) is 19.6 Å². The van der Waals surface area contributed by atoms with Gasteiger partial charge in [0, 0.05) is 50.5 Å². The van der Waals surface area contributed by atoms with Crippen LogP contribution < -0.4 is 9.80 Å². The Labute approximate surface area is 146 Å². The van der Waals surface area contributed by atoms with Crippen molar-refractivity contribution in [2.75, 3.05) is 48.8 Å². The molecule has 1 N–H and O–H groups in total. The number of hydrogen-bond donors (Lipinski definition) is 1. The summed E-state index contributed by atoms with van der Waals surface area (Å²) in [5.74, 6) is -1.78. The predicted octanol–water partition coefficient (Wildman–Crippen LogP) is 0.206. The molecule has 0 radical (unpaired) electrons. The third kappa shape index (κ3) is 3.77. The number of anilines is 2. The zero-order valence-electron chi connectivity index (χ0n) is 14.0. The lowest BCUT2D eigenvalue weighted by atomic mass is 10.1. The number of benzene rings is 1. The number of carbonyl (C=O) groups is 2. The molecule has 2 saturated heterocycles. The highest BCUT2D eigenvalue weighted by Gasteiger charge is 2.35. The van der Waals surface area contributed by atoms with Crippen molar-refractivity contribution in [3.05, 3.63) is 24.3 Å². The molecular weight excluding hydrogens is 346 g/mol. The number of nitrogens with zero attached hydrogens (tertiary/aromatic N) is 3. The van der Waals surface area contributed by atoms with Gasteiger partial charge in [-0.15, -0.1) is 0 Å². The molecule has 1 unspecified atom stereocenters. The molecule has 1 aromatic rings. The maximum Gasteiger partial charge on any atom is 0.308 e. The molecule has 0 spiro atoms. The molecule has 0 saturated carbocycles. The van der Waals surface area contributed by atoms with Crippen molar-refractivity contribution in [3.8, 4) is 0 Å². The Morgan fingerprint density at radius 1 is 1.08 bits per heavy atom. The number of amides is 1. The van der Waals surface area contributed by atoms with Crippen molar-refractivity contribution in [1.82, 2.24) is 4.31 Å². The standard InChI is InChI=1S/C16H21N3O5S/c1-25(23,24)18-8-6-17(7-9-18)13-2-4-14(5-3-13)19-11-12(16(21)22)10-15(19)20/h2-5,12H,6-11H2,1H3,(H,21,22). The summed E-state index contributed by atoms with van der Waals surface area (Å²) < 4.78 is 24.6. The van der Waals surface area contributed by atoms with E-state index in [0.29, 0.717) is 31.9 Å². The quantitative estimate of drug-likeness (QED) is 0.817. The molecule has 2 heterocycles. The lowest BCUT2D eigenvalue weighted by molar-refractivity contribution is -0.141. The first-order valence-corrected chi connectivity index (χ1v) is 9.94. The normalized spacial score (nSPS) is 22.4. The average molecular weight is 367 g/mol. The van der Waals surface area contributed by atoms with Gasteiger partial charge in [-0.1, -0.05) is 0 Å². The van der Waals surface area contributed by atoms with Gasteiger partial charge in [0.1, 0.15) is 0 Å². The van der Waals surface area contributed by atoms with Gasteiger partial charge in [-0.2, -0.15) is 4.31 Å². The molecule has 1 atom stereocenters. The highest BCUT2D eigenvalue weighted by atomic mass is 32.2. The van der Waals surface area contributed by atoms with E-state index in [-0.39, 0.29) is 18.9 Å². The third-order valence-electron chi connectivity index (χ3n) is 4.71. The Balaban J connectivity index is 1.66. The van der Waals surface area contributed by atoms with Crippen LogP contribution >= 0.6 is 0 Å². The second kappa shape index (κ2) is 6.64. The molecule has 2 fully saturated rings. The van der Waals surface area contributed by atoms with Crippen LogP contribution in [0.1, 0.15) is 6.42 Å². The second-order valence-corrected chi connectivity index (χ2v) is 8.39. The summed E-state index contributed by atoms with van der Waals surface area (Å²) in [5, 5.41) is 9.06. The molecule has 2 aliphatic rings. The molecule has 9 heteroatoms. The Hall–Kier alpha value is -2.13. The van der Waals surface area contributed by atoms with Crippen LogP contribution in [0.25, 0.3) is 0 Å². The van der Waals surface area contributed by atoms with Gasteiger partial charge in [0.2, 0.25) is 15.9 Å². The van der Waals surface area contributed by atoms with Gasteiger partial charge in [0.05, 0.1) is 12.2 Å². The fourth-order valence-electron chi connectivity index (χ4n) is 3.24. The molecule has 1 aromatic carbocycles. The number of sulfonamides is 1. The molecule has 0 aromatic heterocycles. The molecular formula is C16H21N3O5S. The zero-order chi connectivity index (χ0) is 18.2. The van der Waals surface area contributed by atoms with Crippen molar-refractivity contribution in [2.24, 2.45) is 5.92 Å². The van der Waals surface area contributed by atoms with Gasteiger partial charge in [-0.05, 0) is 24.3 Å². The van der Waals surface area contributed by atoms with Crippen molar-refractivity contribution in [2.45, 2.75) is 6.42 Å². The summed E-state index contributed by atoms with van der Waals surface area (Å²) in [4.78, 5) is 26.6. The predicted molar refractivity (Wildman–Crippen MR) is 93.2 cm³/mol. The van der Waals surface area contributed by atoms with E-state index >= 15 is 0 Å². The Kier molecular flexibility index (Phi) is 4.70. The van der Waals surface area contributed by atoms with E-state index in [9.17, 15) is 18.0 Å². The van der Waals surface area contributed by atoms with Gasteiger partial charge < -0.3 is 14.9 Å². The van der Waals surface area contributed by atoms with Crippen LogP contribution in [0.4, 0.5) is 11.4 Å². The lowest BCUT2D eigenvalue weighted by Crippen LogP contribution is -2.48. The minimum atomic E-state index is -3.15. The molecule has 0 bridgehead atoms. The fourth-order valence-corrected chi connectivity index (χ4v) is 4.07. The van der Waals surface area contributed by atoms with E-state index in [4.69, 9.17) is 5.11 Å². The SMILES string of the molecule is CS(=O)(=O)N1CCN(c2ccc(N3CC(C(=O)O)CC3=O)cc2)CC1. The van der Waals surface area contributed by atoms with E-state index in [2.05, 4.69) is 4.90 Å². The first-order chi connectivity index (χ1) is 11.8. The van der Waals surface area contributed by atoms with Gasteiger partial charge in [0.15, 0.2) is 0 Å². The first-order valence-electron chi connectivity index (χ1n) is 8.09. The largest absolute Gasteiger partial charge is 0.481 e. The van der Waals surface area contributed by atoms with Gasteiger partial charge >= 0.3 is 5.97 Å². The second-order valence-electron chi connectivity index (χ2n) is 6.41. The monoisotopic (exact) mass is 367 g/mol. The summed E-state index contributed by atoms with van der Waals surface area (Å²) in [6.07, 6.45) is 1.25. The molecule has 1 amide bonds. The Morgan fingerprint density at radius 3 is 2.12 bits per heavy atom.